The average Bonchev–Trinajstić information content (AvgIpc) is 3.80. The van der Waals surface area contributed by atoms with Crippen LogP contribution < -0.4 is 5.32 Å². The van der Waals surface area contributed by atoms with Gasteiger partial charge in [-0.2, -0.15) is 10.4 Å². The smallest absolute Gasteiger partial charge is 0.179 e. The minimum absolute atomic E-state index is 0.435. The Morgan fingerprint density at radius 1 is 0.549 bits per heavy atom. The molecule has 4 aromatic heterocycles. The Morgan fingerprint density at radius 2 is 0.941 bits per heavy atom. The highest BCUT2D eigenvalue weighted by Gasteiger charge is 2.24. The van der Waals surface area contributed by atoms with E-state index < -0.39 is 0 Å². The molecule has 0 saturated carbocycles. The number of hydrogen-bond acceptors (Lipinski definition) is 9. The summed E-state index contributed by atoms with van der Waals surface area (Å²) in [4.78, 5) is 10.5. The van der Waals surface area contributed by atoms with Gasteiger partial charge in [0, 0.05) is 48.7 Å². The van der Waals surface area contributed by atoms with Gasteiger partial charge < -0.3 is 5.32 Å². The van der Waals surface area contributed by atoms with E-state index in [2.05, 4.69) is 150 Å². The van der Waals surface area contributed by atoms with Gasteiger partial charge in [-0.15, -0.1) is 20.4 Å². The first-order chi connectivity index (χ1) is 24.6. The lowest BCUT2D eigenvalue weighted by atomic mass is 9.87. The molecule has 0 spiro atoms. The molecule has 0 aliphatic heterocycles. The molecule has 11 nitrogen and oxygen atoms in total. The molecule has 264 valence electrons. The molecule has 4 heterocycles. The molecule has 0 unspecified atom stereocenters. The van der Waals surface area contributed by atoms with Gasteiger partial charge in [0.25, 0.3) is 0 Å². The summed E-state index contributed by atoms with van der Waals surface area (Å²) in [5, 5.41) is 34.1. The number of nitrogens with one attached hydrogen (secondary N) is 3. The maximum atomic E-state index is 5.26. The molecule has 11 heteroatoms. The number of H-pyrrole nitrogens is 2. The minimum atomic E-state index is 0.435. The summed E-state index contributed by atoms with van der Waals surface area (Å²) in [6.45, 7) is 18.7. The number of benzene rings is 2. The van der Waals surface area contributed by atoms with Crippen LogP contribution in [0.3, 0.4) is 0 Å². The van der Waals surface area contributed by atoms with Gasteiger partial charge in [0.05, 0.1) is 0 Å². The van der Waals surface area contributed by atoms with E-state index in [1.807, 2.05) is 0 Å². The molecule has 0 aliphatic carbocycles. The van der Waals surface area contributed by atoms with Crippen LogP contribution in [-0.4, -0.2) is 51.2 Å². The Kier molecular flexibility index (Phi) is 11.1. The summed E-state index contributed by atoms with van der Waals surface area (Å²) in [5.41, 5.74) is 16.0. The van der Waals surface area contributed by atoms with E-state index in [-0.39, 0.29) is 0 Å². The Morgan fingerprint density at radius 3 is 1.27 bits per heavy atom. The first-order valence-corrected chi connectivity index (χ1v) is 17.9. The van der Waals surface area contributed by atoms with E-state index >= 15 is 0 Å². The number of rotatable bonds is 14. The summed E-state index contributed by atoms with van der Waals surface area (Å²) >= 11 is 0. The Bertz CT molecular complexity index is 1900. The van der Waals surface area contributed by atoms with Gasteiger partial charge in [-0.3, -0.25) is 9.97 Å². The van der Waals surface area contributed by atoms with Crippen molar-refractivity contribution in [1.82, 2.24) is 56.5 Å². The number of hydrogen-bond donors (Lipinski definition) is 3. The van der Waals surface area contributed by atoms with E-state index in [9.17, 15) is 0 Å². The normalized spacial score (nSPS) is 11.6. The van der Waals surface area contributed by atoms with Gasteiger partial charge in [0.15, 0.2) is 11.6 Å². The molecule has 51 heavy (non-hydrogen) atoms. The molecule has 6 aromatic rings. The molecule has 0 saturated heterocycles. The van der Waals surface area contributed by atoms with Crippen molar-refractivity contribution >= 4 is 0 Å². The molecule has 0 amide bonds. The Hall–Kier alpha value is -5.16. The van der Waals surface area contributed by atoms with Crippen LogP contribution in [0.15, 0.2) is 48.5 Å². The maximum absolute atomic E-state index is 5.26. The predicted molar refractivity (Wildman–Crippen MR) is 200 cm³/mol. The molecular formula is C40H49N11. The molecule has 0 atom stereocenters. The number of tetrazole rings is 2. The summed E-state index contributed by atoms with van der Waals surface area (Å²) in [6.07, 6.45) is 2.80. The second-order valence-corrected chi connectivity index (χ2v) is 14.5. The predicted octanol–water partition coefficient (Wildman–Crippen LogP) is 6.94. The lowest BCUT2D eigenvalue weighted by Crippen LogP contribution is -2.21. The molecular weight excluding hydrogens is 635 g/mol. The first kappa shape index (κ1) is 35.7. The average molecular weight is 684 g/mol. The number of nitrogens with zero attached hydrogens (tertiary/aromatic N) is 8. The fourth-order valence-electron chi connectivity index (χ4n) is 6.89. The third-order valence-corrected chi connectivity index (χ3v) is 9.32. The third-order valence-electron chi connectivity index (χ3n) is 9.32. The molecule has 0 bridgehead atoms. The Labute approximate surface area is 300 Å². The van der Waals surface area contributed by atoms with E-state index in [0.717, 1.165) is 57.9 Å². The van der Waals surface area contributed by atoms with Crippen LogP contribution in [0.4, 0.5) is 0 Å². The SMILES string of the molecule is Cc1ccc(-c2c(Cc3nn[nH]n3)c(C)nc(CC(C)C)c2CNCc2c(CC(C)C)nc(C)c(Cc3nn[nH]n3)c2-c2ccc(C)cc2)cc1. The van der Waals surface area contributed by atoms with Crippen molar-refractivity contribution in [3.8, 4) is 22.3 Å². The number of pyridine rings is 2. The second kappa shape index (κ2) is 15.8. The van der Waals surface area contributed by atoms with E-state index in [1.165, 1.54) is 33.4 Å². The van der Waals surface area contributed by atoms with Crippen LogP contribution in [0.5, 0.6) is 0 Å². The van der Waals surface area contributed by atoms with Crippen molar-refractivity contribution in [3.05, 3.63) is 116 Å². The lowest BCUT2D eigenvalue weighted by molar-refractivity contribution is 0.605. The lowest BCUT2D eigenvalue weighted by Gasteiger charge is -2.24. The van der Waals surface area contributed by atoms with E-state index in [4.69, 9.17) is 9.97 Å². The van der Waals surface area contributed by atoms with E-state index in [1.54, 1.807) is 0 Å². The van der Waals surface area contributed by atoms with Crippen molar-refractivity contribution in [2.45, 2.75) is 94.2 Å². The summed E-state index contributed by atoms with van der Waals surface area (Å²) in [5.74, 6) is 2.16. The monoisotopic (exact) mass is 683 g/mol. The van der Waals surface area contributed by atoms with Gasteiger partial charge in [0.2, 0.25) is 0 Å². The van der Waals surface area contributed by atoms with Gasteiger partial charge in [-0.1, -0.05) is 97.8 Å². The highest BCUT2D eigenvalue weighted by molar-refractivity contribution is 5.75. The zero-order valence-corrected chi connectivity index (χ0v) is 31.1. The van der Waals surface area contributed by atoms with Crippen LogP contribution >= 0.6 is 0 Å². The van der Waals surface area contributed by atoms with Crippen molar-refractivity contribution in [2.75, 3.05) is 0 Å². The fourth-order valence-corrected chi connectivity index (χ4v) is 6.89. The molecule has 2 aromatic carbocycles. The number of aromatic amines is 2. The van der Waals surface area contributed by atoms with Crippen LogP contribution in [0.2, 0.25) is 0 Å². The summed E-state index contributed by atoms with van der Waals surface area (Å²) < 4.78 is 0. The number of aryl methyl sites for hydroxylation is 4. The van der Waals surface area contributed by atoms with Gasteiger partial charge in [0.1, 0.15) is 0 Å². The van der Waals surface area contributed by atoms with Crippen molar-refractivity contribution in [1.29, 1.82) is 0 Å². The highest BCUT2D eigenvalue weighted by Crippen LogP contribution is 2.36. The molecule has 3 N–H and O–H groups in total. The second-order valence-electron chi connectivity index (χ2n) is 14.5. The van der Waals surface area contributed by atoms with Crippen molar-refractivity contribution in [2.24, 2.45) is 11.8 Å². The van der Waals surface area contributed by atoms with Crippen LogP contribution in [0.1, 0.15) is 95.5 Å². The summed E-state index contributed by atoms with van der Waals surface area (Å²) in [7, 11) is 0. The third kappa shape index (κ3) is 8.42. The Balaban J connectivity index is 1.48. The maximum Gasteiger partial charge on any atom is 0.179 e. The minimum Gasteiger partial charge on any atom is -0.308 e. The topological polar surface area (TPSA) is 147 Å². The fraction of sp³-hybridized carbons (Fsp3) is 0.400. The summed E-state index contributed by atoms with van der Waals surface area (Å²) in [6, 6.07) is 17.6. The van der Waals surface area contributed by atoms with E-state index in [0.29, 0.717) is 49.4 Å². The largest absolute Gasteiger partial charge is 0.308 e. The molecule has 0 aliphatic rings. The molecule has 0 radical (unpaired) electrons. The van der Waals surface area contributed by atoms with Crippen molar-refractivity contribution in [3.63, 3.8) is 0 Å². The molecule has 6 rings (SSSR count). The number of aromatic nitrogens is 10. The van der Waals surface area contributed by atoms with Crippen LogP contribution in [0.25, 0.3) is 22.3 Å². The first-order valence-electron chi connectivity index (χ1n) is 17.9. The zero-order chi connectivity index (χ0) is 36.1. The van der Waals surface area contributed by atoms with Crippen LogP contribution in [0, 0.1) is 39.5 Å². The standard InChI is InChI=1S/C40H49N11/c1-23(2)17-35-33(39(29-13-9-25(5)10-14-29)31(27(7)42-35)19-37-44-48-49-45-37)21-41-22-34-36(18-24(3)4)43-28(8)32(20-38-46-50-51-47-38)40(34)30-15-11-26(6)12-16-30/h9-16,23-24,41H,17-22H2,1-8H3,(H,44,45,48,49)(H,46,47,50,51). The molecule has 0 fully saturated rings. The quantitative estimate of drug-likeness (QED) is 0.111. The van der Waals surface area contributed by atoms with Gasteiger partial charge >= 0.3 is 0 Å². The zero-order valence-electron chi connectivity index (χ0n) is 31.1. The van der Waals surface area contributed by atoms with Gasteiger partial charge in [-0.25, -0.2) is 0 Å². The van der Waals surface area contributed by atoms with Crippen molar-refractivity contribution < 1.29 is 0 Å². The van der Waals surface area contributed by atoms with Gasteiger partial charge in [-0.05, 0) is 96.9 Å². The highest BCUT2D eigenvalue weighted by atomic mass is 15.5. The van der Waals surface area contributed by atoms with Crippen LogP contribution in [-0.2, 0) is 38.8 Å².